The molecule has 0 fully saturated rings. The van der Waals surface area contributed by atoms with Crippen LogP contribution in [0.25, 0.3) is 0 Å². The van der Waals surface area contributed by atoms with E-state index in [0.29, 0.717) is 38.8 Å². The summed E-state index contributed by atoms with van der Waals surface area (Å²) in [5, 5.41) is 24.5. The van der Waals surface area contributed by atoms with Gasteiger partial charge in [-0.15, -0.1) is 0 Å². The zero-order valence-electron chi connectivity index (χ0n) is 22.4. The summed E-state index contributed by atoms with van der Waals surface area (Å²) in [6, 6.07) is 7.12. The van der Waals surface area contributed by atoms with E-state index in [1.165, 1.54) is 18.1 Å². The van der Waals surface area contributed by atoms with E-state index in [1.54, 1.807) is 30.3 Å². The zero-order valence-corrected chi connectivity index (χ0v) is 23.9. The summed E-state index contributed by atoms with van der Waals surface area (Å²) in [4.78, 5) is 40.2. The highest BCUT2D eigenvalue weighted by Gasteiger charge is 2.51. The lowest BCUT2D eigenvalue weighted by atomic mass is 9.77. The molecule has 2 aromatic carbocycles. The summed E-state index contributed by atoms with van der Waals surface area (Å²) < 4.78 is 11.7. The fraction of sp³-hybridized carbons (Fsp3) is 0.414. The number of benzene rings is 2. The van der Waals surface area contributed by atoms with Gasteiger partial charge in [-0.25, -0.2) is 0 Å². The van der Waals surface area contributed by atoms with Gasteiger partial charge in [0.05, 0.1) is 25.7 Å². The SMILES string of the molecule is COc1cc(C=O)cc2c1O[C@@H]1[C@@H](O)[C@H](N(Cc3ccc(Cl)cc3Cl)C(=O)CC(C)C)C=C(C(=O)NCCO)[C@H]21. The Labute approximate surface area is 242 Å². The number of amides is 2. The van der Waals surface area contributed by atoms with Gasteiger partial charge in [0.25, 0.3) is 0 Å². The van der Waals surface area contributed by atoms with Crippen LogP contribution in [0.3, 0.4) is 0 Å². The average molecular weight is 591 g/mol. The number of hydrogen-bond donors (Lipinski definition) is 3. The highest BCUT2D eigenvalue weighted by Crippen LogP contribution is 2.51. The average Bonchev–Trinajstić information content (AvgIpc) is 3.31. The number of nitrogens with one attached hydrogen (secondary N) is 1. The summed E-state index contributed by atoms with van der Waals surface area (Å²) in [6.07, 6.45) is 0.207. The maximum atomic E-state index is 13.6. The number of carbonyl (C=O) groups excluding carboxylic acids is 3. The molecule has 2 aliphatic rings. The van der Waals surface area contributed by atoms with E-state index >= 15 is 0 Å². The molecule has 3 N–H and O–H groups in total. The van der Waals surface area contributed by atoms with Gasteiger partial charge in [0, 0.05) is 46.3 Å². The maximum absolute atomic E-state index is 13.6. The minimum atomic E-state index is -1.25. The van der Waals surface area contributed by atoms with Crippen molar-refractivity contribution < 1.29 is 34.1 Å². The lowest BCUT2D eigenvalue weighted by Gasteiger charge is -2.41. The highest BCUT2D eigenvalue weighted by atomic mass is 35.5. The number of fused-ring (bicyclic) bond motifs is 3. The fourth-order valence-electron chi connectivity index (χ4n) is 5.22. The van der Waals surface area contributed by atoms with E-state index in [2.05, 4.69) is 5.32 Å². The van der Waals surface area contributed by atoms with Gasteiger partial charge < -0.3 is 29.9 Å². The lowest BCUT2D eigenvalue weighted by Crippen LogP contribution is -2.55. The van der Waals surface area contributed by atoms with Crippen LogP contribution in [0.2, 0.25) is 10.0 Å². The standard InChI is InChI=1S/C29H32Cl2N2O7/c1-15(2)8-24(36)33(13-17-4-5-18(30)11-21(17)31)22-12-20(29(38)32-6-7-34)25-19-9-16(14-35)10-23(39-3)27(19)40-28(25)26(22)37/h4-5,9-12,14-15,22,25-26,28,34,37H,6-8,13H2,1-3H3,(H,32,38)/t22-,25+,26+,28+/m1/s1. The van der Waals surface area contributed by atoms with Gasteiger partial charge in [-0.3, -0.25) is 14.4 Å². The Bertz CT molecular complexity index is 1330. The number of hydrogen-bond acceptors (Lipinski definition) is 7. The zero-order chi connectivity index (χ0) is 29.1. The summed E-state index contributed by atoms with van der Waals surface area (Å²) >= 11 is 12.5. The molecule has 4 rings (SSSR count). The van der Waals surface area contributed by atoms with Crippen molar-refractivity contribution in [1.29, 1.82) is 0 Å². The van der Waals surface area contributed by atoms with Crippen LogP contribution in [0.15, 0.2) is 42.0 Å². The van der Waals surface area contributed by atoms with Crippen LogP contribution in [0.1, 0.15) is 47.7 Å². The molecule has 9 nitrogen and oxygen atoms in total. The van der Waals surface area contributed by atoms with Crippen molar-refractivity contribution in [2.75, 3.05) is 20.3 Å². The Balaban J connectivity index is 1.84. The van der Waals surface area contributed by atoms with Gasteiger partial charge >= 0.3 is 0 Å². The summed E-state index contributed by atoms with van der Waals surface area (Å²) in [5.41, 5.74) is 1.68. The monoisotopic (exact) mass is 590 g/mol. The lowest BCUT2D eigenvalue weighted by molar-refractivity contribution is -0.138. The number of halogens is 2. The van der Waals surface area contributed by atoms with Crippen molar-refractivity contribution >= 4 is 41.3 Å². The molecule has 1 heterocycles. The molecule has 0 saturated heterocycles. The summed E-state index contributed by atoms with van der Waals surface area (Å²) in [7, 11) is 1.43. The Hall–Kier alpha value is -3.11. The topological polar surface area (TPSA) is 125 Å². The predicted octanol–water partition coefficient (Wildman–Crippen LogP) is 3.51. The molecular formula is C29H32Cl2N2O7. The minimum Gasteiger partial charge on any atom is -0.493 e. The predicted molar refractivity (Wildman–Crippen MR) is 150 cm³/mol. The van der Waals surface area contributed by atoms with Crippen molar-refractivity contribution in [2.24, 2.45) is 5.92 Å². The minimum absolute atomic E-state index is 0.00255. The van der Waals surface area contributed by atoms with Gasteiger partial charge in [0.2, 0.25) is 11.8 Å². The molecule has 0 radical (unpaired) electrons. The first kappa shape index (κ1) is 29.9. The Kier molecular flexibility index (Phi) is 9.41. The first-order valence-electron chi connectivity index (χ1n) is 13.0. The number of aliphatic hydroxyl groups is 2. The quantitative estimate of drug-likeness (QED) is 0.361. The second-order valence-electron chi connectivity index (χ2n) is 10.3. The molecule has 0 unspecified atom stereocenters. The van der Waals surface area contributed by atoms with E-state index in [0.717, 1.165) is 0 Å². The number of aliphatic hydroxyl groups excluding tert-OH is 2. The molecule has 214 valence electrons. The van der Waals surface area contributed by atoms with Crippen molar-refractivity contribution in [3.05, 3.63) is 68.7 Å². The van der Waals surface area contributed by atoms with Gasteiger partial charge in [0.1, 0.15) is 18.5 Å². The molecule has 4 atom stereocenters. The smallest absolute Gasteiger partial charge is 0.247 e. The molecule has 2 amide bonds. The third-order valence-corrected chi connectivity index (χ3v) is 7.62. The maximum Gasteiger partial charge on any atom is 0.247 e. The van der Waals surface area contributed by atoms with E-state index < -0.39 is 30.1 Å². The van der Waals surface area contributed by atoms with E-state index in [9.17, 15) is 24.6 Å². The van der Waals surface area contributed by atoms with E-state index in [1.807, 2.05) is 13.8 Å². The molecule has 2 aromatic rings. The van der Waals surface area contributed by atoms with Crippen LogP contribution in [0.5, 0.6) is 11.5 Å². The third-order valence-electron chi connectivity index (χ3n) is 7.03. The van der Waals surface area contributed by atoms with Crippen LogP contribution in [-0.2, 0) is 16.1 Å². The highest BCUT2D eigenvalue weighted by molar-refractivity contribution is 6.35. The molecule has 0 aromatic heterocycles. The summed E-state index contributed by atoms with van der Waals surface area (Å²) in [6.45, 7) is 3.60. The third kappa shape index (κ3) is 5.98. The first-order valence-corrected chi connectivity index (χ1v) is 13.7. The first-order chi connectivity index (χ1) is 19.1. The molecule has 40 heavy (non-hydrogen) atoms. The van der Waals surface area contributed by atoms with Crippen molar-refractivity contribution in [1.82, 2.24) is 10.2 Å². The Morgan fingerprint density at radius 3 is 2.60 bits per heavy atom. The molecular weight excluding hydrogens is 559 g/mol. The van der Waals surface area contributed by atoms with Crippen LogP contribution in [-0.4, -0.2) is 71.7 Å². The number of ether oxygens (including phenoxy) is 2. The van der Waals surface area contributed by atoms with Gasteiger partial charge in [0.15, 0.2) is 11.5 Å². The Morgan fingerprint density at radius 1 is 1.23 bits per heavy atom. The van der Waals surface area contributed by atoms with Crippen LogP contribution in [0.4, 0.5) is 0 Å². The molecule has 1 aliphatic carbocycles. The molecule has 0 bridgehead atoms. The number of carbonyl (C=O) groups is 3. The van der Waals surface area contributed by atoms with Crippen LogP contribution < -0.4 is 14.8 Å². The van der Waals surface area contributed by atoms with Gasteiger partial charge in [-0.05, 0) is 41.8 Å². The molecule has 0 spiro atoms. The van der Waals surface area contributed by atoms with E-state index in [-0.39, 0.29) is 49.3 Å². The normalized spacial score (nSPS) is 21.1. The summed E-state index contributed by atoms with van der Waals surface area (Å²) in [5.74, 6) is -0.869. The fourth-order valence-corrected chi connectivity index (χ4v) is 5.69. The molecule has 0 saturated carbocycles. The van der Waals surface area contributed by atoms with Gasteiger partial charge in [-0.1, -0.05) is 43.1 Å². The van der Waals surface area contributed by atoms with Crippen LogP contribution >= 0.6 is 23.2 Å². The number of rotatable bonds is 10. The second-order valence-corrected chi connectivity index (χ2v) is 11.1. The van der Waals surface area contributed by atoms with Crippen molar-refractivity contribution in [3.63, 3.8) is 0 Å². The largest absolute Gasteiger partial charge is 0.493 e. The Morgan fingerprint density at radius 2 is 1.98 bits per heavy atom. The second kappa shape index (κ2) is 12.6. The van der Waals surface area contributed by atoms with Gasteiger partial charge in [-0.2, -0.15) is 0 Å². The number of nitrogens with zero attached hydrogens (tertiary/aromatic N) is 1. The van der Waals surface area contributed by atoms with Crippen molar-refractivity contribution in [3.8, 4) is 11.5 Å². The number of aldehydes is 1. The van der Waals surface area contributed by atoms with E-state index in [4.69, 9.17) is 32.7 Å². The molecule has 11 heteroatoms. The number of methoxy groups -OCH3 is 1. The van der Waals surface area contributed by atoms with Crippen LogP contribution in [0, 0.1) is 5.92 Å². The van der Waals surface area contributed by atoms with Crippen molar-refractivity contribution in [2.45, 2.75) is 51.0 Å². The molecule has 1 aliphatic heterocycles.